The van der Waals surface area contributed by atoms with Gasteiger partial charge >= 0.3 is 12.0 Å². The van der Waals surface area contributed by atoms with E-state index in [2.05, 4.69) is 10.6 Å². The summed E-state index contributed by atoms with van der Waals surface area (Å²) in [6, 6.07) is 11.9. The van der Waals surface area contributed by atoms with E-state index >= 15 is 0 Å². The Kier molecular flexibility index (Phi) is 7.85. The number of nitrogens with one attached hydrogen (secondary N) is 2. The van der Waals surface area contributed by atoms with Crippen LogP contribution >= 0.6 is 11.6 Å². The minimum Gasteiger partial charge on any atom is -0.495 e. The number of benzene rings is 2. The monoisotopic (exact) mass is 419 g/mol. The molecule has 0 aliphatic heterocycles. The van der Waals surface area contributed by atoms with Crippen LogP contribution in [0.1, 0.15) is 24.9 Å². The van der Waals surface area contributed by atoms with Crippen molar-refractivity contribution in [3.63, 3.8) is 0 Å². The van der Waals surface area contributed by atoms with Gasteiger partial charge in [0.25, 0.3) is 5.91 Å². The third-order valence-electron chi connectivity index (χ3n) is 4.00. The highest BCUT2D eigenvalue weighted by atomic mass is 35.5. The first-order chi connectivity index (χ1) is 13.8. The Morgan fingerprint density at radius 2 is 1.76 bits per heavy atom. The number of rotatable bonds is 8. The number of primary amides is 1. The summed E-state index contributed by atoms with van der Waals surface area (Å²) in [5, 5.41) is 5.64. The molecule has 0 aromatic heterocycles. The molecule has 8 nitrogen and oxygen atoms in total. The van der Waals surface area contributed by atoms with Gasteiger partial charge in [0, 0.05) is 5.02 Å². The summed E-state index contributed by atoms with van der Waals surface area (Å²) in [5.41, 5.74) is 6.27. The number of hydrogen-bond acceptors (Lipinski definition) is 5. The molecule has 2 rings (SSSR count). The molecule has 9 heteroatoms. The lowest BCUT2D eigenvalue weighted by Crippen LogP contribution is -2.36. The first-order valence-corrected chi connectivity index (χ1v) is 9.12. The van der Waals surface area contributed by atoms with Crippen LogP contribution in [0.15, 0.2) is 48.5 Å². The molecular formula is C20H22ClN3O5. The SMILES string of the molecule is COc1ccccc1NC(=O)[C@@H](C)OC(=O)C[C@@H](NC(N)=O)c1ccc(Cl)cc1. The maximum absolute atomic E-state index is 12.3. The van der Waals surface area contributed by atoms with E-state index in [-0.39, 0.29) is 6.42 Å². The Balaban J connectivity index is 2.00. The normalized spacial score (nSPS) is 12.4. The molecule has 0 aliphatic rings. The molecule has 2 atom stereocenters. The number of ether oxygens (including phenoxy) is 2. The Hall–Kier alpha value is -3.26. The van der Waals surface area contributed by atoms with Crippen molar-refractivity contribution >= 4 is 35.2 Å². The van der Waals surface area contributed by atoms with Crippen LogP contribution in [0.2, 0.25) is 5.02 Å². The fourth-order valence-corrected chi connectivity index (χ4v) is 2.69. The number of urea groups is 1. The lowest BCUT2D eigenvalue weighted by molar-refractivity contribution is -0.153. The van der Waals surface area contributed by atoms with Gasteiger partial charge in [-0.15, -0.1) is 0 Å². The number of carbonyl (C=O) groups excluding carboxylic acids is 3. The quantitative estimate of drug-likeness (QED) is 0.568. The third kappa shape index (κ3) is 6.69. The van der Waals surface area contributed by atoms with E-state index < -0.39 is 30.1 Å². The van der Waals surface area contributed by atoms with E-state index in [0.29, 0.717) is 22.0 Å². The predicted molar refractivity (Wildman–Crippen MR) is 109 cm³/mol. The van der Waals surface area contributed by atoms with Crippen molar-refractivity contribution in [1.29, 1.82) is 0 Å². The summed E-state index contributed by atoms with van der Waals surface area (Å²) < 4.78 is 10.4. The van der Waals surface area contributed by atoms with Crippen molar-refractivity contribution in [2.45, 2.75) is 25.5 Å². The van der Waals surface area contributed by atoms with Gasteiger partial charge in [-0.25, -0.2) is 4.79 Å². The first kappa shape index (κ1) is 22.0. The van der Waals surface area contributed by atoms with Crippen molar-refractivity contribution in [2.75, 3.05) is 12.4 Å². The Morgan fingerprint density at radius 3 is 2.38 bits per heavy atom. The molecule has 0 bridgehead atoms. The first-order valence-electron chi connectivity index (χ1n) is 8.75. The molecule has 0 radical (unpaired) electrons. The standard InChI is InChI=1S/C20H22ClN3O5/c1-12(19(26)23-15-5-3-4-6-17(15)28-2)29-18(25)11-16(24-20(22)27)13-7-9-14(21)10-8-13/h3-10,12,16H,11H2,1-2H3,(H,23,26)(H3,22,24,27)/t12-,16-/m1/s1. The van der Waals surface area contributed by atoms with Crippen molar-refractivity contribution in [1.82, 2.24) is 5.32 Å². The van der Waals surface area contributed by atoms with Crippen LogP contribution in [-0.4, -0.2) is 31.1 Å². The van der Waals surface area contributed by atoms with Crippen LogP contribution in [0.4, 0.5) is 10.5 Å². The maximum Gasteiger partial charge on any atom is 0.312 e. The Bertz CT molecular complexity index is 873. The van der Waals surface area contributed by atoms with Gasteiger partial charge in [0.2, 0.25) is 0 Å². The molecule has 0 spiro atoms. The summed E-state index contributed by atoms with van der Waals surface area (Å²) in [4.78, 5) is 35.9. The van der Waals surface area contributed by atoms with Crippen LogP contribution in [0.5, 0.6) is 5.75 Å². The fraction of sp³-hybridized carbons (Fsp3) is 0.250. The lowest BCUT2D eigenvalue weighted by atomic mass is 10.0. The van der Waals surface area contributed by atoms with Gasteiger partial charge in [-0.3, -0.25) is 9.59 Å². The average molecular weight is 420 g/mol. The molecule has 0 saturated heterocycles. The molecule has 0 heterocycles. The number of carbonyl (C=O) groups is 3. The predicted octanol–water partition coefficient (Wildman–Crippen LogP) is 3.02. The van der Waals surface area contributed by atoms with Gasteiger partial charge in [0.15, 0.2) is 6.10 Å². The average Bonchev–Trinajstić information content (AvgIpc) is 2.68. The number of halogens is 1. The molecule has 29 heavy (non-hydrogen) atoms. The van der Waals surface area contributed by atoms with E-state index in [1.165, 1.54) is 14.0 Å². The second kappa shape index (κ2) is 10.3. The summed E-state index contributed by atoms with van der Waals surface area (Å²) in [6.45, 7) is 1.45. The van der Waals surface area contributed by atoms with Crippen LogP contribution < -0.4 is 21.1 Å². The smallest absolute Gasteiger partial charge is 0.312 e. The van der Waals surface area contributed by atoms with E-state index in [9.17, 15) is 14.4 Å². The molecule has 3 amide bonds. The second-order valence-corrected chi connectivity index (χ2v) is 6.57. The molecule has 154 valence electrons. The largest absolute Gasteiger partial charge is 0.495 e. The van der Waals surface area contributed by atoms with Gasteiger partial charge in [0.1, 0.15) is 5.75 Å². The third-order valence-corrected chi connectivity index (χ3v) is 4.25. The minimum atomic E-state index is -1.06. The highest BCUT2D eigenvalue weighted by Gasteiger charge is 2.23. The summed E-state index contributed by atoms with van der Waals surface area (Å²) >= 11 is 5.86. The zero-order valence-corrected chi connectivity index (χ0v) is 16.7. The summed E-state index contributed by atoms with van der Waals surface area (Å²) in [6.07, 6.45) is -1.27. The second-order valence-electron chi connectivity index (χ2n) is 6.14. The highest BCUT2D eigenvalue weighted by Crippen LogP contribution is 2.24. The maximum atomic E-state index is 12.3. The van der Waals surface area contributed by atoms with Crippen LogP contribution in [0.25, 0.3) is 0 Å². The van der Waals surface area contributed by atoms with E-state index in [4.69, 9.17) is 26.8 Å². The van der Waals surface area contributed by atoms with Gasteiger partial charge in [-0.2, -0.15) is 0 Å². The summed E-state index contributed by atoms with van der Waals surface area (Å²) in [7, 11) is 1.48. The van der Waals surface area contributed by atoms with Crippen LogP contribution in [0, 0.1) is 0 Å². The summed E-state index contributed by atoms with van der Waals surface area (Å²) in [5.74, 6) is -0.719. The van der Waals surface area contributed by atoms with Gasteiger partial charge in [-0.1, -0.05) is 35.9 Å². The van der Waals surface area contributed by atoms with E-state index in [0.717, 1.165) is 0 Å². The molecular weight excluding hydrogens is 398 g/mol. The van der Waals surface area contributed by atoms with Crippen LogP contribution in [0.3, 0.4) is 0 Å². The van der Waals surface area contributed by atoms with E-state index in [1.807, 2.05) is 0 Å². The molecule has 2 aromatic rings. The minimum absolute atomic E-state index is 0.211. The number of methoxy groups -OCH3 is 1. The number of anilines is 1. The molecule has 0 saturated carbocycles. The number of hydrogen-bond donors (Lipinski definition) is 3. The van der Waals surface area contributed by atoms with Crippen LogP contribution in [-0.2, 0) is 14.3 Å². The number of nitrogens with two attached hydrogens (primary N) is 1. The van der Waals surface area contributed by atoms with Gasteiger partial charge in [-0.05, 0) is 36.8 Å². The number of esters is 1. The highest BCUT2D eigenvalue weighted by molar-refractivity contribution is 6.30. The zero-order valence-electron chi connectivity index (χ0n) is 16.0. The van der Waals surface area contributed by atoms with Gasteiger partial charge < -0.3 is 25.8 Å². The molecule has 0 fully saturated rings. The van der Waals surface area contributed by atoms with Crippen molar-refractivity contribution in [2.24, 2.45) is 5.73 Å². The Labute approximate surface area is 173 Å². The zero-order chi connectivity index (χ0) is 21.4. The molecule has 2 aromatic carbocycles. The molecule has 0 unspecified atom stereocenters. The number of amides is 3. The molecule has 4 N–H and O–H groups in total. The molecule has 0 aliphatic carbocycles. The number of para-hydroxylation sites is 2. The van der Waals surface area contributed by atoms with Gasteiger partial charge in [0.05, 0.1) is 25.3 Å². The fourth-order valence-electron chi connectivity index (χ4n) is 2.57. The van der Waals surface area contributed by atoms with E-state index in [1.54, 1.807) is 48.5 Å². The lowest BCUT2D eigenvalue weighted by Gasteiger charge is -2.19. The van der Waals surface area contributed by atoms with Crippen molar-refractivity contribution in [3.05, 3.63) is 59.1 Å². The topological polar surface area (TPSA) is 120 Å². The van der Waals surface area contributed by atoms with Crippen molar-refractivity contribution < 1.29 is 23.9 Å². The Morgan fingerprint density at radius 1 is 1.10 bits per heavy atom. The van der Waals surface area contributed by atoms with Crippen molar-refractivity contribution in [3.8, 4) is 5.75 Å².